The van der Waals surface area contributed by atoms with Crippen LogP contribution in [0.5, 0.6) is 0 Å². The molecule has 2 amide bonds. The van der Waals surface area contributed by atoms with Gasteiger partial charge in [-0.1, -0.05) is 62.3 Å². The molecule has 0 aliphatic heterocycles. The van der Waals surface area contributed by atoms with Crippen molar-refractivity contribution in [1.82, 2.24) is 25.8 Å². The normalized spacial score (nSPS) is 10.6. The van der Waals surface area contributed by atoms with Crippen LogP contribution in [-0.4, -0.2) is 142 Å². The van der Waals surface area contributed by atoms with Gasteiger partial charge in [-0.15, -0.1) is 11.6 Å². The molecule has 0 rings (SSSR count). The van der Waals surface area contributed by atoms with E-state index in [-0.39, 0.29) is 36.2 Å². The summed E-state index contributed by atoms with van der Waals surface area (Å²) in [4.78, 5) is 48.8. The van der Waals surface area contributed by atoms with Crippen LogP contribution in [0.1, 0.15) is 107 Å². The standard InChI is InChI=1S/C15H30N2O3.C9H17NO3.C6H15NO.C3H7ClO.C3H9N/c1-6-17(5)11-8-12-20-13(18)9-7-10-16-14(19)15(2,3)4;1-9(2,3)8(13)10-6-4-5-7(11)12;1-3-7(2)5-4-6-8;4-2-1-3-5;1-3-4-2/h6-12H2,1-5H3,(H,16,19);4-6H2,1-3H3,(H,10,13)(H,11,12);8H,3-6H2,1-2H3;5H,1-3H2;4H,3H2,1-2H3. The molecule has 0 unspecified atom stereocenters. The van der Waals surface area contributed by atoms with Gasteiger partial charge in [0.15, 0.2) is 0 Å². The largest absolute Gasteiger partial charge is 0.481 e. The molecule has 0 saturated carbocycles. The second kappa shape index (κ2) is 39.8. The summed E-state index contributed by atoms with van der Waals surface area (Å²) in [6, 6.07) is 0. The number of nitrogens with zero attached hydrogens (tertiary/aromatic N) is 2. The van der Waals surface area contributed by atoms with Gasteiger partial charge in [0.05, 0.1) is 6.61 Å². The van der Waals surface area contributed by atoms with Gasteiger partial charge in [-0.3, -0.25) is 19.2 Å². The lowest BCUT2D eigenvalue weighted by molar-refractivity contribution is -0.144. The number of esters is 1. The number of rotatable bonds is 20. The van der Waals surface area contributed by atoms with Crippen LogP contribution in [0.4, 0.5) is 0 Å². The number of ether oxygens (including phenoxy) is 1. The summed E-state index contributed by atoms with van der Waals surface area (Å²) in [6.07, 6.45) is 4.02. The van der Waals surface area contributed by atoms with E-state index in [4.69, 9.17) is 31.7 Å². The second-order valence-electron chi connectivity index (χ2n) is 13.5. The van der Waals surface area contributed by atoms with E-state index in [1.54, 1.807) is 0 Å². The van der Waals surface area contributed by atoms with Crippen LogP contribution >= 0.6 is 11.6 Å². The molecule has 0 aromatic heterocycles. The summed E-state index contributed by atoms with van der Waals surface area (Å²) in [5.74, 6) is -0.484. The van der Waals surface area contributed by atoms with Crippen molar-refractivity contribution in [3.8, 4) is 0 Å². The molecular weight excluding hydrogens is 666 g/mol. The Bertz CT molecular complexity index is 789. The molecule has 13 nitrogen and oxygen atoms in total. The Morgan fingerprint density at radius 1 is 0.700 bits per heavy atom. The molecule has 0 spiro atoms. The Balaban J connectivity index is -0.000000192. The van der Waals surface area contributed by atoms with Crippen LogP contribution in [0.15, 0.2) is 0 Å². The number of halogens is 1. The number of aliphatic hydroxyl groups is 2. The van der Waals surface area contributed by atoms with Crippen LogP contribution in [0.25, 0.3) is 0 Å². The number of carboxylic acid groups (broad SMARTS) is 1. The lowest BCUT2D eigenvalue weighted by Gasteiger charge is -2.17. The molecule has 0 bridgehead atoms. The number of carbonyl (C=O) groups is 4. The number of hydrogen-bond donors (Lipinski definition) is 6. The summed E-state index contributed by atoms with van der Waals surface area (Å²) in [5.41, 5.74) is -0.783. The van der Waals surface area contributed by atoms with Gasteiger partial charge in [-0.2, -0.15) is 0 Å². The Morgan fingerprint density at radius 3 is 1.40 bits per heavy atom. The average molecular weight is 745 g/mol. The molecule has 0 radical (unpaired) electrons. The topological polar surface area (TPSA) is 181 Å². The van der Waals surface area contributed by atoms with Crippen molar-refractivity contribution >= 4 is 35.4 Å². The third kappa shape index (κ3) is 52.8. The summed E-state index contributed by atoms with van der Waals surface area (Å²) < 4.78 is 5.13. The van der Waals surface area contributed by atoms with Crippen molar-refractivity contribution < 1.29 is 39.2 Å². The smallest absolute Gasteiger partial charge is 0.305 e. The maximum atomic E-state index is 11.6. The van der Waals surface area contributed by atoms with E-state index < -0.39 is 11.4 Å². The fourth-order valence-electron chi connectivity index (χ4n) is 2.72. The molecule has 0 fully saturated rings. The molecule has 6 N–H and O–H groups in total. The van der Waals surface area contributed by atoms with Crippen LogP contribution in [0.3, 0.4) is 0 Å². The zero-order valence-corrected chi connectivity index (χ0v) is 34.6. The number of amides is 2. The fraction of sp³-hybridized carbons (Fsp3) is 0.889. The van der Waals surface area contributed by atoms with Crippen LogP contribution < -0.4 is 16.0 Å². The first-order chi connectivity index (χ1) is 23.2. The zero-order valence-electron chi connectivity index (χ0n) is 33.9. The van der Waals surface area contributed by atoms with Gasteiger partial charge < -0.3 is 45.8 Å². The van der Waals surface area contributed by atoms with Gasteiger partial charge in [0, 0.05) is 62.4 Å². The van der Waals surface area contributed by atoms with E-state index >= 15 is 0 Å². The van der Waals surface area contributed by atoms with Crippen LogP contribution in [-0.2, 0) is 23.9 Å². The molecule has 0 heterocycles. The molecule has 50 heavy (non-hydrogen) atoms. The van der Waals surface area contributed by atoms with Crippen molar-refractivity contribution in [3.63, 3.8) is 0 Å². The third-order valence-electron chi connectivity index (χ3n) is 6.43. The number of carbonyl (C=O) groups excluding carboxylic acids is 3. The van der Waals surface area contributed by atoms with Gasteiger partial charge in [0.1, 0.15) is 0 Å². The van der Waals surface area contributed by atoms with Gasteiger partial charge in [-0.05, 0) is 79.4 Å². The minimum Gasteiger partial charge on any atom is -0.481 e. The lowest BCUT2D eigenvalue weighted by Crippen LogP contribution is -2.35. The molecule has 0 aliphatic carbocycles. The van der Waals surface area contributed by atoms with Gasteiger partial charge >= 0.3 is 11.9 Å². The van der Waals surface area contributed by atoms with Gasteiger partial charge in [0.25, 0.3) is 0 Å². The SMILES string of the molecule is CC(C)(C)C(=O)NCCCC(=O)O.CCN(C)CCCO.CCN(C)CCCOC(=O)CCCNC(=O)C(C)(C)C.CCNC.OCCCCl. The van der Waals surface area contributed by atoms with Crippen molar-refractivity contribution in [2.24, 2.45) is 10.8 Å². The number of aliphatic carboxylic acids is 1. The minimum absolute atomic E-state index is 0.00784. The van der Waals surface area contributed by atoms with Gasteiger partial charge in [0.2, 0.25) is 11.8 Å². The van der Waals surface area contributed by atoms with E-state index in [9.17, 15) is 19.2 Å². The number of carboxylic acids is 1. The van der Waals surface area contributed by atoms with Crippen molar-refractivity contribution in [2.75, 3.05) is 92.7 Å². The fourth-order valence-corrected chi connectivity index (χ4v) is 2.84. The number of aliphatic hydroxyl groups excluding tert-OH is 2. The summed E-state index contributed by atoms with van der Waals surface area (Å²) >= 11 is 5.14. The molecule has 14 heteroatoms. The monoisotopic (exact) mass is 744 g/mol. The zero-order chi connectivity index (χ0) is 40.0. The first kappa shape index (κ1) is 57.3. The highest BCUT2D eigenvalue weighted by Gasteiger charge is 2.21. The number of hydrogen-bond acceptors (Lipinski definition) is 10. The molecular formula is C36H78ClN5O8. The summed E-state index contributed by atoms with van der Waals surface area (Å²) in [6.45, 7) is 24.4. The third-order valence-corrected chi connectivity index (χ3v) is 6.70. The average Bonchev–Trinajstić information content (AvgIpc) is 3.05. The molecule has 0 atom stereocenters. The molecule has 0 saturated heterocycles. The lowest BCUT2D eigenvalue weighted by atomic mass is 9.96. The minimum atomic E-state index is -0.829. The molecule has 0 aromatic carbocycles. The van der Waals surface area contributed by atoms with E-state index in [1.807, 2.05) is 55.6 Å². The van der Waals surface area contributed by atoms with Crippen molar-refractivity contribution in [2.45, 2.75) is 107 Å². The Morgan fingerprint density at radius 2 is 1.10 bits per heavy atom. The number of nitrogens with one attached hydrogen (secondary N) is 3. The van der Waals surface area contributed by atoms with Gasteiger partial charge in [-0.25, -0.2) is 0 Å². The summed E-state index contributed by atoms with van der Waals surface area (Å²) in [5, 5.41) is 33.1. The maximum absolute atomic E-state index is 11.6. The predicted octanol–water partition coefficient (Wildman–Crippen LogP) is 3.98. The van der Waals surface area contributed by atoms with Crippen LogP contribution in [0.2, 0.25) is 0 Å². The Kier molecular flexibility index (Phi) is 45.6. The molecule has 0 aliphatic rings. The highest BCUT2D eigenvalue weighted by Crippen LogP contribution is 2.13. The van der Waals surface area contributed by atoms with E-state index in [0.29, 0.717) is 57.9 Å². The Hall–Kier alpha value is -2.03. The first-order valence-corrected chi connectivity index (χ1v) is 18.5. The Labute approximate surface area is 310 Å². The van der Waals surface area contributed by atoms with E-state index in [2.05, 4.69) is 53.6 Å². The summed E-state index contributed by atoms with van der Waals surface area (Å²) in [7, 11) is 6.02. The van der Waals surface area contributed by atoms with Crippen LogP contribution in [0, 0.1) is 10.8 Å². The van der Waals surface area contributed by atoms with Crippen molar-refractivity contribution in [1.29, 1.82) is 0 Å². The second-order valence-corrected chi connectivity index (χ2v) is 13.9. The number of alkyl halides is 1. The van der Waals surface area contributed by atoms with E-state index in [0.717, 1.165) is 45.6 Å². The maximum Gasteiger partial charge on any atom is 0.305 e. The highest BCUT2D eigenvalue weighted by atomic mass is 35.5. The van der Waals surface area contributed by atoms with Crippen molar-refractivity contribution in [3.05, 3.63) is 0 Å². The van der Waals surface area contributed by atoms with E-state index in [1.165, 1.54) is 0 Å². The predicted molar refractivity (Wildman–Crippen MR) is 207 cm³/mol. The first-order valence-electron chi connectivity index (χ1n) is 18.0. The highest BCUT2D eigenvalue weighted by molar-refractivity contribution is 6.17. The molecule has 0 aromatic rings. The quantitative estimate of drug-likeness (QED) is 0.0603. The molecule has 302 valence electrons.